The third-order valence-electron chi connectivity index (χ3n) is 0. The van der Waals surface area contributed by atoms with Crippen LogP contribution in [0.25, 0.3) is 0 Å². The molecule has 0 aromatic heterocycles. The van der Waals surface area contributed by atoms with Crippen LogP contribution in [0.1, 0.15) is 6.92 Å². The fourth-order valence-corrected chi connectivity index (χ4v) is 0. The molecule has 10 nitrogen and oxygen atoms in total. The van der Waals surface area contributed by atoms with Crippen molar-refractivity contribution in [1.29, 1.82) is 0 Å². The van der Waals surface area contributed by atoms with Crippen molar-refractivity contribution in [3.63, 3.8) is 0 Å². The van der Waals surface area contributed by atoms with Crippen molar-refractivity contribution in [2.45, 2.75) is 6.92 Å². The van der Waals surface area contributed by atoms with Crippen LogP contribution < -0.4 is 90.9 Å². The van der Waals surface area contributed by atoms with E-state index in [1.165, 1.54) is 0 Å². The number of hydrogen-bond donors (Lipinski definition) is 5. The zero-order valence-corrected chi connectivity index (χ0v) is 15.6. The van der Waals surface area contributed by atoms with Gasteiger partial charge in [-0.05, 0) is 6.92 Å². The largest absolute Gasteiger partial charge is 1.00 e. The monoisotopic (exact) mass is 316 g/mol. The van der Waals surface area contributed by atoms with Gasteiger partial charge in [-0.25, -0.2) is 4.57 Å². The maximum Gasteiger partial charge on any atom is 1.00 e. The molecule has 0 saturated carbocycles. The van der Waals surface area contributed by atoms with Crippen molar-refractivity contribution in [3.05, 3.63) is 0 Å². The molecule has 0 saturated heterocycles. The third-order valence-corrected chi connectivity index (χ3v) is 0. The molecule has 0 radical (unpaired) electrons. The van der Waals surface area contributed by atoms with Gasteiger partial charge in [0.1, 0.15) is 0 Å². The summed E-state index contributed by atoms with van der Waals surface area (Å²) in [5.74, 6) is -1.08. The Bertz CT molecular complexity index is 203. The van der Waals surface area contributed by atoms with Gasteiger partial charge in [-0.2, -0.15) is 0 Å². The molecular formula is C2H8KNaO10P2. The van der Waals surface area contributed by atoms with Crippen molar-refractivity contribution < 1.29 is 129 Å². The number of hydrogen-bond acceptors (Lipinski definition) is 5. The van der Waals surface area contributed by atoms with Crippen LogP contribution in [-0.2, 0) is 13.9 Å². The van der Waals surface area contributed by atoms with E-state index >= 15 is 0 Å². The van der Waals surface area contributed by atoms with Gasteiger partial charge in [0.05, 0.1) is 0 Å². The summed E-state index contributed by atoms with van der Waals surface area (Å²) < 4.78 is 17.7. The Morgan fingerprint density at radius 1 is 1.06 bits per heavy atom. The maximum absolute atomic E-state index is 8.89. The number of carboxylic acid groups (broad SMARTS) is 1. The second-order valence-corrected chi connectivity index (χ2v) is 3.50. The van der Waals surface area contributed by atoms with E-state index in [1.807, 2.05) is 0 Å². The van der Waals surface area contributed by atoms with Gasteiger partial charge >= 0.3 is 88.8 Å². The quantitative estimate of drug-likeness (QED) is 0.211. The van der Waals surface area contributed by atoms with Gasteiger partial charge in [0, 0.05) is 5.97 Å². The van der Waals surface area contributed by atoms with E-state index in [0.29, 0.717) is 0 Å². The molecule has 0 spiro atoms. The molecule has 0 amide bonds. The number of carbonyl (C=O) groups excluding carboxylic acids is 1. The fourth-order valence-electron chi connectivity index (χ4n) is 0. The standard InChI is InChI=1S/C2H4O2.K.Na.2H3O4P/c1-2(3)4;;;2*1-5(2,3)4/h1H3,(H,3,4);;;2*(H3,1,2,3,4)/q;2*+1;;/p-2. The molecule has 16 heavy (non-hydrogen) atoms. The van der Waals surface area contributed by atoms with Crippen molar-refractivity contribution in [2.75, 3.05) is 0 Å². The SMILES string of the molecule is CC(=O)[O-].O=P(O)(O)O.O=P([O-])(O)O.[K+].[Na+]. The summed E-state index contributed by atoms with van der Waals surface area (Å²) in [6, 6.07) is 0. The van der Waals surface area contributed by atoms with Crippen molar-refractivity contribution in [2.24, 2.45) is 0 Å². The molecule has 0 unspecified atom stereocenters. The summed E-state index contributed by atoms with van der Waals surface area (Å²) in [6.07, 6.45) is 0. The molecular weight excluding hydrogens is 308 g/mol. The van der Waals surface area contributed by atoms with E-state index < -0.39 is 21.6 Å². The molecule has 0 heterocycles. The van der Waals surface area contributed by atoms with Gasteiger partial charge in [-0.1, -0.05) is 0 Å². The minimum absolute atomic E-state index is 0. The average Bonchev–Trinajstić information content (AvgIpc) is 1.45. The summed E-state index contributed by atoms with van der Waals surface area (Å²) in [5.41, 5.74) is 0. The Kier molecular flexibility index (Phi) is 29.8. The number of carbonyl (C=O) groups is 1. The first-order valence-corrected chi connectivity index (χ1v) is 5.55. The van der Waals surface area contributed by atoms with Gasteiger partial charge in [0.25, 0.3) is 7.82 Å². The number of rotatable bonds is 0. The summed E-state index contributed by atoms with van der Waals surface area (Å²) in [5, 5.41) is 8.89. The zero-order chi connectivity index (χ0) is 12.6. The Balaban J connectivity index is -0.0000000358. The molecule has 0 aliphatic carbocycles. The van der Waals surface area contributed by atoms with Crippen LogP contribution in [0.15, 0.2) is 0 Å². The first-order valence-electron chi connectivity index (χ1n) is 2.46. The van der Waals surface area contributed by atoms with Gasteiger partial charge in [-0.3, -0.25) is 4.57 Å². The third kappa shape index (κ3) is 709. The number of aliphatic carboxylic acids is 1. The fraction of sp³-hybridized carbons (Fsp3) is 0.500. The minimum Gasteiger partial charge on any atom is -0.756 e. The summed E-state index contributed by atoms with van der Waals surface area (Å²) in [4.78, 5) is 53.4. The molecule has 0 fully saturated rings. The van der Waals surface area contributed by atoms with Crippen LogP contribution >= 0.6 is 15.6 Å². The van der Waals surface area contributed by atoms with Crippen molar-refractivity contribution in [1.82, 2.24) is 0 Å². The average molecular weight is 316 g/mol. The van der Waals surface area contributed by atoms with E-state index in [4.69, 9.17) is 48.4 Å². The molecule has 0 aliphatic heterocycles. The minimum atomic E-state index is -4.89. The first-order chi connectivity index (χ1) is 5.73. The maximum atomic E-state index is 8.89. The van der Waals surface area contributed by atoms with Crippen LogP contribution in [0, 0.1) is 0 Å². The molecule has 5 N–H and O–H groups in total. The smallest absolute Gasteiger partial charge is 0.756 e. The molecule has 0 bridgehead atoms. The first kappa shape index (κ1) is 31.0. The molecule has 0 aromatic carbocycles. The summed E-state index contributed by atoms with van der Waals surface area (Å²) in [7, 11) is -9.53. The topological polar surface area (TPSA) is 198 Å². The molecule has 0 rings (SSSR count). The predicted molar refractivity (Wildman–Crippen MR) is 37.0 cm³/mol. The van der Waals surface area contributed by atoms with E-state index in [1.54, 1.807) is 0 Å². The van der Waals surface area contributed by atoms with E-state index in [9.17, 15) is 0 Å². The van der Waals surface area contributed by atoms with E-state index in [-0.39, 0.29) is 80.9 Å². The van der Waals surface area contributed by atoms with Crippen LogP contribution in [-0.4, -0.2) is 30.4 Å². The summed E-state index contributed by atoms with van der Waals surface area (Å²) >= 11 is 0. The number of phosphoric acid groups is 2. The van der Waals surface area contributed by atoms with Crippen LogP contribution in [0.3, 0.4) is 0 Å². The predicted octanol–water partition coefficient (Wildman–Crippen LogP) is -9.72. The van der Waals surface area contributed by atoms with Gasteiger partial charge < -0.3 is 39.3 Å². The van der Waals surface area contributed by atoms with Crippen molar-refractivity contribution >= 4 is 21.6 Å². The zero-order valence-electron chi connectivity index (χ0n) is 8.67. The summed E-state index contributed by atoms with van der Waals surface area (Å²) in [6.45, 7) is 0.972. The molecule has 0 aromatic rings. The Hall–Kier alpha value is 2.33. The van der Waals surface area contributed by atoms with Crippen LogP contribution in [0.4, 0.5) is 0 Å². The van der Waals surface area contributed by atoms with Crippen LogP contribution in [0.2, 0.25) is 0 Å². The van der Waals surface area contributed by atoms with Gasteiger partial charge in [0.15, 0.2) is 0 Å². The van der Waals surface area contributed by atoms with Crippen molar-refractivity contribution in [3.8, 4) is 0 Å². The van der Waals surface area contributed by atoms with E-state index in [0.717, 1.165) is 6.92 Å². The van der Waals surface area contributed by atoms with Gasteiger partial charge in [-0.15, -0.1) is 0 Å². The van der Waals surface area contributed by atoms with Gasteiger partial charge in [0.2, 0.25) is 0 Å². The molecule has 14 heteroatoms. The Labute approximate surface area is 155 Å². The molecule has 0 aliphatic rings. The normalized spacial score (nSPS) is 8.94. The Morgan fingerprint density at radius 2 is 1.06 bits per heavy atom. The Morgan fingerprint density at radius 3 is 1.06 bits per heavy atom. The molecule has 0 atom stereocenters. The molecule has 88 valence electrons. The van der Waals surface area contributed by atoms with E-state index in [2.05, 4.69) is 0 Å². The number of carboxylic acids is 1. The van der Waals surface area contributed by atoms with Crippen LogP contribution in [0.5, 0.6) is 0 Å². The second kappa shape index (κ2) is 15.4. The second-order valence-electron chi connectivity index (χ2n) is 1.50.